The van der Waals surface area contributed by atoms with Gasteiger partial charge in [0.05, 0.1) is 20.3 Å². The molecule has 0 aliphatic carbocycles. The van der Waals surface area contributed by atoms with Crippen LogP contribution in [0, 0.1) is 0 Å². The van der Waals surface area contributed by atoms with Crippen molar-refractivity contribution in [1.29, 1.82) is 0 Å². The maximum atomic E-state index is 5.90. The van der Waals surface area contributed by atoms with Gasteiger partial charge in [-0.15, -0.1) is 0 Å². The molecule has 1 aliphatic rings. The molecule has 88 valence electrons. The third kappa shape index (κ3) is 2.06. The fourth-order valence-electron chi connectivity index (χ4n) is 2.31. The third-order valence-corrected chi connectivity index (χ3v) is 3.17. The van der Waals surface area contributed by atoms with Crippen molar-refractivity contribution in [3.8, 4) is 5.75 Å². The molecule has 2 N–H and O–H groups in total. The molecule has 0 spiro atoms. The van der Waals surface area contributed by atoms with Gasteiger partial charge in [-0.2, -0.15) is 0 Å². The summed E-state index contributed by atoms with van der Waals surface area (Å²) in [6.45, 7) is 3.60. The predicted octanol–water partition coefficient (Wildman–Crippen LogP) is 1.70. The number of rotatable bonds is 4. The maximum Gasteiger partial charge on any atom is 0.118 e. The Hall–Kier alpha value is -1.06. The highest BCUT2D eigenvalue weighted by atomic mass is 16.5. The molecular formula is C13H19NO2. The second-order valence-electron chi connectivity index (χ2n) is 4.68. The highest BCUT2D eigenvalue weighted by molar-refractivity contribution is 5.34. The van der Waals surface area contributed by atoms with Gasteiger partial charge in [0.1, 0.15) is 5.75 Å². The van der Waals surface area contributed by atoms with E-state index in [1.165, 1.54) is 5.56 Å². The van der Waals surface area contributed by atoms with E-state index < -0.39 is 0 Å². The van der Waals surface area contributed by atoms with Crippen LogP contribution in [0.1, 0.15) is 18.9 Å². The van der Waals surface area contributed by atoms with Crippen molar-refractivity contribution in [2.45, 2.75) is 24.8 Å². The topological polar surface area (TPSA) is 44.5 Å². The summed E-state index contributed by atoms with van der Waals surface area (Å²) >= 11 is 0. The lowest BCUT2D eigenvalue weighted by atomic mass is 9.74. The normalized spacial score (nSPS) is 19.9. The lowest BCUT2D eigenvalue weighted by Crippen LogP contribution is -2.49. The highest BCUT2D eigenvalue weighted by Gasteiger charge is 2.40. The Labute approximate surface area is 96.5 Å². The van der Waals surface area contributed by atoms with Gasteiger partial charge in [0, 0.05) is 11.5 Å². The van der Waals surface area contributed by atoms with Gasteiger partial charge in [-0.3, -0.25) is 0 Å². The van der Waals surface area contributed by atoms with Gasteiger partial charge < -0.3 is 15.2 Å². The number of nitrogens with two attached hydrogens (primary N) is 1. The van der Waals surface area contributed by atoms with Crippen molar-refractivity contribution in [3.05, 3.63) is 29.8 Å². The molecule has 16 heavy (non-hydrogen) atoms. The summed E-state index contributed by atoms with van der Waals surface area (Å²) in [7, 11) is 1.68. The lowest BCUT2D eigenvalue weighted by molar-refractivity contribution is -0.0665. The first-order chi connectivity index (χ1) is 7.66. The van der Waals surface area contributed by atoms with E-state index in [1.54, 1.807) is 7.11 Å². The van der Waals surface area contributed by atoms with E-state index in [2.05, 4.69) is 12.1 Å². The molecule has 1 aromatic rings. The second kappa shape index (κ2) is 4.44. The fraction of sp³-hybridized carbons (Fsp3) is 0.538. The fourth-order valence-corrected chi connectivity index (χ4v) is 2.31. The predicted molar refractivity (Wildman–Crippen MR) is 63.8 cm³/mol. The van der Waals surface area contributed by atoms with Crippen molar-refractivity contribution < 1.29 is 9.47 Å². The molecule has 1 saturated heterocycles. The second-order valence-corrected chi connectivity index (χ2v) is 4.68. The quantitative estimate of drug-likeness (QED) is 0.841. The molecular weight excluding hydrogens is 202 g/mol. The smallest absolute Gasteiger partial charge is 0.118 e. The van der Waals surface area contributed by atoms with E-state index in [4.69, 9.17) is 15.2 Å². The molecule has 0 radical (unpaired) electrons. The van der Waals surface area contributed by atoms with Crippen LogP contribution < -0.4 is 10.5 Å². The largest absolute Gasteiger partial charge is 0.497 e. The summed E-state index contributed by atoms with van der Waals surface area (Å²) in [5.41, 5.74) is 7.33. The highest BCUT2D eigenvalue weighted by Crippen LogP contribution is 2.37. The van der Waals surface area contributed by atoms with Crippen molar-refractivity contribution >= 4 is 0 Å². The summed E-state index contributed by atoms with van der Waals surface area (Å²) in [6, 6.07) is 8.42. The molecule has 2 rings (SSSR count). The first-order valence-corrected chi connectivity index (χ1v) is 5.64. The van der Waals surface area contributed by atoms with E-state index in [0.29, 0.717) is 0 Å². The van der Waals surface area contributed by atoms with Crippen LogP contribution in [-0.4, -0.2) is 26.4 Å². The van der Waals surface area contributed by atoms with Gasteiger partial charge in [-0.25, -0.2) is 0 Å². The molecule has 0 bridgehead atoms. The minimum atomic E-state index is 0.125. The number of ether oxygens (including phenoxy) is 2. The monoisotopic (exact) mass is 221 g/mol. The molecule has 3 heteroatoms. The molecule has 0 aromatic heterocycles. The first-order valence-electron chi connectivity index (χ1n) is 5.64. The number of hydrogen-bond donors (Lipinski definition) is 1. The minimum absolute atomic E-state index is 0.125. The Morgan fingerprint density at radius 1 is 1.38 bits per heavy atom. The van der Waals surface area contributed by atoms with Crippen molar-refractivity contribution in [3.63, 3.8) is 0 Å². The van der Waals surface area contributed by atoms with Gasteiger partial charge in [0.2, 0.25) is 0 Å². The Morgan fingerprint density at radius 2 is 2.00 bits per heavy atom. The molecule has 1 aromatic carbocycles. The van der Waals surface area contributed by atoms with E-state index >= 15 is 0 Å². The van der Waals surface area contributed by atoms with Gasteiger partial charge in [0.25, 0.3) is 0 Å². The van der Waals surface area contributed by atoms with Crippen LogP contribution in [0.2, 0.25) is 0 Å². The molecule has 1 heterocycles. The molecule has 3 nitrogen and oxygen atoms in total. The van der Waals surface area contributed by atoms with Crippen LogP contribution in [0.25, 0.3) is 0 Å². The number of benzene rings is 1. The Bertz CT molecular complexity index is 341. The summed E-state index contributed by atoms with van der Waals surface area (Å²) < 4.78 is 10.5. The van der Waals surface area contributed by atoms with Gasteiger partial charge >= 0.3 is 0 Å². The van der Waals surface area contributed by atoms with Crippen LogP contribution in [0.4, 0.5) is 0 Å². The van der Waals surface area contributed by atoms with Gasteiger partial charge in [0.15, 0.2) is 0 Å². The van der Waals surface area contributed by atoms with Gasteiger partial charge in [-0.05, 0) is 31.0 Å². The van der Waals surface area contributed by atoms with Crippen molar-refractivity contribution in [2.75, 3.05) is 20.3 Å². The van der Waals surface area contributed by atoms with Crippen molar-refractivity contribution in [2.24, 2.45) is 5.73 Å². The minimum Gasteiger partial charge on any atom is -0.497 e. The first kappa shape index (κ1) is 11.4. The third-order valence-electron chi connectivity index (χ3n) is 3.17. The zero-order valence-electron chi connectivity index (χ0n) is 9.90. The number of methoxy groups -OCH3 is 1. The average Bonchev–Trinajstić information content (AvgIpc) is 2.23. The summed E-state index contributed by atoms with van der Waals surface area (Å²) in [4.78, 5) is 0. The summed E-state index contributed by atoms with van der Waals surface area (Å²) in [5, 5.41) is 0. The molecule has 1 atom stereocenters. The van der Waals surface area contributed by atoms with Crippen LogP contribution in [0.15, 0.2) is 24.3 Å². The lowest BCUT2D eigenvalue weighted by Gasteiger charge is -2.43. The van der Waals surface area contributed by atoms with Crippen molar-refractivity contribution in [1.82, 2.24) is 0 Å². The zero-order valence-corrected chi connectivity index (χ0v) is 9.90. The Kier molecular flexibility index (Phi) is 3.17. The zero-order chi connectivity index (χ0) is 11.6. The maximum absolute atomic E-state index is 5.90. The summed E-state index contributed by atoms with van der Waals surface area (Å²) in [6.07, 6.45) is 0.972. The van der Waals surface area contributed by atoms with E-state index in [1.807, 2.05) is 19.1 Å². The van der Waals surface area contributed by atoms with E-state index in [-0.39, 0.29) is 11.5 Å². The molecule has 1 unspecified atom stereocenters. The SMILES string of the molecule is COc1ccc(C2(CC(C)N)COC2)cc1. The average molecular weight is 221 g/mol. The Balaban J connectivity index is 2.19. The van der Waals surface area contributed by atoms with Crippen LogP contribution in [-0.2, 0) is 10.2 Å². The van der Waals surface area contributed by atoms with E-state index in [0.717, 1.165) is 25.4 Å². The molecule has 1 fully saturated rings. The molecule has 0 amide bonds. The molecule has 1 aliphatic heterocycles. The standard InChI is InChI=1S/C13H19NO2/c1-10(14)7-13(8-16-9-13)11-3-5-12(15-2)6-4-11/h3-6,10H,7-9,14H2,1-2H3. The van der Waals surface area contributed by atoms with E-state index in [9.17, 15) is 0 Å². The number of hydrogen-bond acceptors (Lipinski definition) is 3. The Morgan fingerprint density at radius 3 is 2.38 bits per heavy atom. The van der Waals surface area contributed by atoms with Crippen LogP contribution in [0.3, 0.4) is 0 Å². The summed E-state index contributed by atoms with van der Waals surface area (Å²) in [5.74, 6) is 0.889. The van der Waals surface area contributed by atoms with Crippen LogP contribution >= 0.6 is 0 Å². The van der Waals surface area contributed by atoms with Crippen LogP contribution in [0.5, 0.6) is 5.75 Å². The van der Waals surface area contributed by atoms with Gasteiger partial charge in [-0.1, -0.05) is 12.1 Å². The molecule has 0 saturated carbocycles.